The first-order valence-electron chi connectivity index (χ1n) is 5.93. The second kappa shape index (κ2) is 6.65. The SMILES string of the molecule is CCC(NC(=O)N1C(C)SCC1C(=O)O)C(=O)OC. The lowest BCUT2D eigenvalue weighted by Gasteiger charge is -2.27. The van der Waals surface area contributed by atoms with Gasteiger partial charge in [0.15, 0.2) is 0 Å². The summed E-state index contributed by atoms with van der Waals surface area (Å²) in [5.41, 5.74) is 0. The number of thioether (sulfide) groups is 1. The maximum Gasteiger partial charge on any atom is 0.328 e. The van der Waals surface area contributed by atoms with Crippen LogP contribution in [0.3, 0.4) is 0 Å². The van der Waals surface area contributed by atoms with Gasteiger partial charge in [0, 0.05) is 5.75 Å². The molecule has 8 heteroatoms. The number of carbonyl (C=O) groups excluding carboxylic acids is 2. The number of urea groups is 1. The molecule has 0 aromatic carbocycles. The molecule has 2 N–H and O–H groups in total. The number of methoxy groups -OCH3 is 1. The molecule has 0 spiro atoms. The molecule has 0 aromatic heterocycles. The fourth-order valence-corrected chi connectivity index (χ4v) is 3.00. The number of rotatable bonds is 4. The minimum absolute atomic E-state index is 0.240. The van der Waals surface area contributed by atoms with Crippen LogP contribution in [0.5, 0.6) is 0 Å². The highest BCUT2D eigenvalue weighted by Crippen LogP contribution is 2.28. The van der Waals surface area contributed by atoms with Crippen molar-refractivity contribution in [3.8, 4) is 0 Å². The van der Waals surface area contributed by atoms with Crippen LogP contribution >= 0.6 is 11.8 Å². The molecule has 1 rings (SSSR count). The fraction of sp³-hybridized carbons (Fsp3) is 0.727. The Kier molecular flexibility index (Phi) is 5.46. The summed E-state index contributed by atoms with van der Waals surface area (Å²) < 4.78 is 4.57. The zero-order valence-electron chi connectivity index (χ0n) is 11.1. The van der Waals surface area contributed by atoms with Gasteiger partial charge in [-0.25, -0.2) is 14.4 Å². The molecule has 1 saturated heterocycles. The summed E-state index contributed by atoms with van der Waals surface area (Å²) in [6.07, 6.45) is 0.380. The average molecular weight is 290 g/mol. The monoisotopic (exact) mass is 290 g/mol. The Hall–Kier alpha value is -1.44. The molecular weight excluding hydrogens is 272 g/mol. The number of aliphatic carboxylic acids is 1. The van der Waals surface area contributed by atoms with Crippen LogP contribution in [0.15, 0.2) is 0 Å². The van der Waals surface area contributed by atoms with Crippen LogP contribution in [0.4, 0.5) is 4.79 Å². The Morgan fingerprint density at radius 2 is 2.16 bits per heavy atom. The number of hydrogen-bond donors (Lipinski definition) is 2. The third-order valence-corrected chi connectivity index (χ3v) is 4.15. The van der Waals surface area contributed by atoms with E-state index in [0.717, 1.165) is 0 Å². The van der Waals surface area contributed by atoms with Gasteiger partial charge in [-0.05, 0) is 13.3 Å². The summed E-state index contributed by atoms with van der Waals surface area (Å²) in [6, 6.07) is -2.18. The lowest BCUT2D eigenvalue weighted by Crippen LogP contribution is -2.53. The van der Waals surface area contributed by atoms with Crippen molar-refractivity contribution < 1.29 is 24.2 Å². The van der Waals surface area contributed by atoms with Gasteiger partial charge < -0.3 is 15.2 Å². The predicted molar refractivity (Wildman–Crippen MR) is 69.8 cm³/mol. The third-order valence-electron chi connectivity index (χ3n) is 2.93. The van der Waals surface area contributed by atoms with Gasteiger partial charge in [0.25, 0.3) is 0 Å². The van der Waals surface area contributed by atoms with Gasteiger partial charge in [0.1, 0.15) is 12.1 Å². The van der Waals surface area contributed by atoms with E-state index in [1.165, 1.54) is 23.8 Å². The molecule has 1 heterocycles. The molecule has 0 aromatic rings. The molecule has 1 aliphatic heterocycles. The molecule has 7 nitrogen and oxygen atoms in total. The molecule has 1 aliphatic rings. The van der Waals surface area contributed by atoms with Crippen molar-refractivity contribution >= 4 is 29.7 Å². The van der Waals surface area contributed by atoms with E-state index in [9.17, 15) is 14.4 Å². The van der Waals surface area contributed by atoms with Crippen LogP contribution in [0.25, 0.3) is 0 Å². The van der Waals surface area contributed by atoms with Crippen molar-refractivity contribution in [3.05, 3.63) is 0 Å². The molecule has 3 unspecified atom stereocenters. The molecular formula is C11H18N2O5S. The number of carbonyl (C=O) groups is 3. The Morgan fingerprint density at radius 1 is 1.53 bits per heavy atom. The zero-order valence-corrected chi connectivity index (χ0v) is 11.9. The summed E-state index contributed by atoms with van der Waals surface area (Å²) in [7, 11) is 1.24. The number of hydrogen-bond acceptors (Lipinski definition) is 5. The van der Waals surface area contributed by atoms with E-state index in [0.29, 0.717) is 12.2 Å². The minimum atomic E-state index is -1.04. The Balaban J connectivity index is 2.75. The van der Waals surface area contributed by atoms with E-state index in [1.54, 1.807) is 13.8 Å². The minimum Gasteiger partial charge on any atom is -0.480 e. The largest absolute Gasteiger partial charge is 0.480 e. The van der Waals surface area contributed by atoms with Crippen LogP contribution in [-0.4, -0.2) is 58.3 Å². The van der Waals surface area contributed by atoms with Gasteiger partial charge in [-0.3, -0.25) is 4.90 Å². The Morgan fingerprint density at radius 3 is 2.63 bits per heavy atom. The molecule has 19 heavy (non-hydrogen) atoms. The van der Waals surface area contributed by atoms with Crippen molar-refractivity contribution in [1.29, 1.82) is 0 Å². The summed E-state index contributed by atoms with van der Waals surface area (Å²) in [6.45, 7) is 3.49. The van der Waals surface area contributed by atoms with E-state index >= 15 is 0 Å². The van der Waals surface area contributed by atoms with Crippen LogP contribution < -0.4 is 5.32 Å². The second-order valence-corrected chi connectivity index (χ2v) is 5.48. The van der Waals surface area contributed by atoms with Gasteiger partial charge >= 0.3 is 18.0 Å². The first kappa shape index (κ1) is 15.6. The lowest BCUT2D eigenvalue weighted by molar-refractivity contribution is -0.142. The van der Waals surface area contributed by atoms with E-state index in [-0.39, 0.29) is 5.37 Å². The van der Waals surface area contributed by atoms with Gasteiger partial charge in [0.05, 0.1) is 12.5 Å². The van der Waals surface area contributed by atoms with E-state index in [2.05, 4.69) is 10.1 Å². The van der Waals surface area contributed by atoms with Crippen LogP contribution in [0.1, 0.15) is 20.3 Å². The quantitative estimate of drug-likeness (QED) is 0.732. The van der Waals surface area contributed by atoms with E-state index in [4.69, 9.17) is 5.11 Å². The standard InChI is InChI=1S/C11H18N2O5S/c1-4-7(10(16)18-3)12-11(17)13-6(2)19-5-8(13)9(14)15/h6-8H,4-5H2,1-3H3,(H,12,17)(H,14,15). The van der Waals surface area contributed by atoms with Crippen LogP contribution in [0.2, 0.25) is 0 Å². The van der Waals surface area contributed by atoms with Crippen molar-refractivity contribution in [2.24, 2.45) is 0 Å². The predicted octanol–water partition coefficient (Wildman–Crippen LogP) is 0.496. The molecule has 2 amide bonds. The van der Waals surface area contributed by atoms with E-state index < -0.39 is 30.1 Å². The van der Waals surface area contributed by atoms with Gasteiger partial charge in [0.2, 0.25) is 0 Å². The van der Waals surface area contributed by atoms with Gasteiger partial charge in [-0.2, -0.15) is 0 Å². The number of carboxylic acids is 1. The topological polar surface area (TPSA) is 95.9 Å². The van der Waals surface area contributed by atoms with Gasteiger partial charge in [-0.15, -0.1) is 11.8 Å². The first-order valence-corrected chi connectivity index (χ1v) is 6.98. The van der Waals surface area contributed by atoms with Crippen molar-refractivity contribution in [1.82, 2.24) is 10.2 Å². The van der Waals surface area contributed by atoms with Crippen LogP contribution in [0, 0.1) is 0 Å². The molecule has 0 bridgehead atoms. The molecule has 3 atom stereocenters. The van der Waals surface area contributed by atoms with Crippen molar-refractivity contribution in [2.75, 3.05) is 12.9 Å². The maximum atomic E-state index is 12.1. The normalized spacial score (nSPS) is 23.8. The number of esters is 1. The molecule has 0 saturated carbocycles. The van der Waals surface area contributed by atoms with Crippen molar-refractivity contribution in [2.45, 2.75) is 37.7 Å². The smallest absolute Gasteiger partial charge is 0.328 e. The zero-order chi connectivity index (χ0) is 14.6. The molecule has 108 valence electrons. The highest BCUT2D eigenvalue weighted by molar-refractivity contribution is 8.00. The maximum absolute atomic E-state index is 12.1. The summed E-state index contributed by atoms with van der Waals surface area (Å²) >= 11 is 1.39. The number of nitrogens with one attached hydrogen (secondary N) is 1. The highest BCUT2D eigenvalue weighted by Gasteiger charge is 2.40. The number of nitrogens with zero attached hydrogens (tertiary/aromatic N) is 1. The second-order valence-electron chi connectivity index (χ2n) is 4.13. The lowest BCUT2D eigenvalue weighted by atomic mass is 10.2. The molecule has 0 radical (unpaired) electrons. The Bertz CT molecular complexity index is 376. The number of carboxylic acid groups (broad SMARTS) is 1. The average Bonchev–Trinajstić information content (AvgIpc) is 2.76. The number of amides is 2. The van der Waals surface area contributed by atoms with Crippen molar-refractivity contribution in [3.63, 3.8) is 0 Å². The number of ether oxygens (including phenoxy) is 1. The molecule has 0 aliphatic carbocycles. The highest BCUT2D eigenvalue weighted by atomic mass is 32.2. The summed E-state index contributed by atoms with van der Waals surface area (Å²) in [5, 5.41) is 11.3. The van der Waals surface area contributed by atoms with E-state index in [1.807, 2.05) is 0 Å². The fourth-order valence-electron chi connectivity index (χ4n) is 1.83. The summed E-state index contributed by atoms with van der Waals surface area (Å²) in [5.74, 6) is -1.24. The first-order chi connectivity index (χ1) is 8.92. The Labute approximate surface area is 115 Å². The van der Waals surface area contributed by atoms with Crippen LogP contribution in [-0.2, 0) is 14.3 Å². The summed E-state index contributed by atoms with van der Waals surface area (Å²) in [4.78, 5) is 35.8. The molecule has 1 fully saturated rings. The van der Waals surface area contributed by atoms with Gasteiger partial charge in [-0.1, -0.05) is 6.92 Å². The third kappa shape index (κ3) is 3.52.